The van der Waals surface area contributed by atoms with Crippen LogP contribution >= 0.6 is 0 Å². The average molecular weight is 349 g/mol. The second-order valence-electron chi connectivity index (χ2n) is 5.20. The van der Waals surface area contributed by atoms with Crippen molar-refractivity contribution in [2.24, 2.45) is 5.10 Å². The summed E-state index contributed by atoms with van der Waals surface area (Å²) in [6.07, 6.45) is 1.47. The van der Waals surface area contributed by atoms with Gasteiger partial charge >= 0.3 is 5.91 Å². The van der Waals surface area contributed by atoms with Crippen molar-refractivity contribution in [1.82, 2.24) is 5.43 Å². The van der Waals surface area contributed by atoms with E-state index in [0.717, 1.165) is 5.39 Å². The van der Waals surface area contributed by atoms with E-state index in [1.807, 2.05) is 24.3 Å². The number of hydrogen-bond acceptors (Lipinski definition) is 6. The highest BCUT2D eigenvalue weighted by molar-refractivity contribution is 5.96. The van der Waals surface area contributed by atoms with Gasteiger partial charge in [0.25, 0.3) is 0 Å². The van der Waals surface area contributed by atoms with Crippen LogP contribution in [-0.2, 0) is 0 Å². The standard InChI is InChI=1S/C19H15N3O4/c1-24-17-10-13(6-7-16(17)25-9-8-20)12-21-22-19(23)18-11-14-4-2-3-5-15(14)26-18/h2-7,10-12H,9H2,1H3,(H,22,23)/b21-12+. The molecular weight excluding hydrogens is 334 g/mol. The van der Waals surface area contributed by atoms with Crippen LogP contribution in [-0.4, -0.2) is 25.8 Å². The first-order chi connectivity index (χ1) is 12.7. The Kier molecular flexibility index (Phi) is 5.15. The Hall–Kier alpha value is -3.79. The van der Waals surface area contributed by atoms with Crippen LogP contribution in [0.4, 0.5) is 0 Å². The number of ether oxygens (including phenoxy) is 2. The number of rotatable bonds is 6. The SMILES string of the molecule is COc1cc(/C=N/NC(=O)c2cc3ccccc3o2)ccc1OCC#N. The summed E-state index contributed by atoms with van der Waals surface area (Å²) in [6.45, 7) is -0.0721. The number of fused-ring (bicyclic) bond motifs is 1. The number of carbonyl (C=O) groups excluding carboxylic acids is 1. The number of benzene rings is 2. The molecule has 2 aromatic carbocycles. The third kappa shape index (κ3) is 3.82. The minimum atomic E-state index is -0.446. The van der Waals surface area contributed by atoms with Crippen LogP contribution in [0.1, 0.15) is 16.1 Å². The summed E-state index contributed by atoms with van der Waals surface area (Å²) in [5.41, 5.74) is 3.75. The summed E-state index contributed by atoms with van der Waals surface area (Å²) in [4.78, 5) is 12.1. The van der Waals surface area contributed by atoms with Crippen molar-refractivity contribution < 1.29 is 18.7 Å². The number of nitriles is 1. The second kappa shape index (κ2) is 7.85. The third-order valence-corrected chi connectivity index (χ3v) is 3.51. The molecule has 1 N–H and O–H groups in total. The van der Waals surface area contributed by atoms with Crippen LogP contribution in [0.2, 0.25) is 0 Å². The first-order valence-corrected chi connectivity index (χ1v) is 7.71. The van der Waals surface area contributed by atoms with E-state index in [9.17, 15) is 4.79 Å². The molecule has 1 aromatic heterocycles. The summed E-state index contributed by atoms with van der Waals surface area (Å²) < 4.78 is 15.9. The van der Waals surface area contributed by atoms with Crippen LogP contribution in [0.15, 0.2) is 58.0 Å². The Morgan fingerprint density at radius 3 is 2.88 bits per heavy atom. The number of amides is 1. The van der Waals surface area contributed by atoms with Crippen molar-refractivity contribution in [2.45, 2.75) is 0 Å². The van der Waals surface area contributed by atoms with Gasteiger partial charge in [-0.25, -0.2) is 5.43 Å². The Morgan fingerprint density at radius 1 is 1.27 bits per heavy atom. The van der Waals surface area contributed by atoms with Crippen molar-refractivity contribution in [1.29, 1.82) is 5.26 Å². The van der Waals surface area contributed by atoms with E-state index in [1.165, 1.54) is 13.3 Å². The van der Waals surface area contributed by atoms with Crippen molar-refractivity contribution in [3.05, 3.63) is 59.9 Å². The minimum Gasteiger partial charge on any atom is -0.493 e. The normalized spacial score (nSPS) is 10.6. The fourth-order valence-electron chi connectivity index (χ4n) is 2.31. The van der Waals surface area contributed by atoms with E-state index in [1.54, 1.807) is 30.3 Å². The lowest BCUT2D eigenvalue weighted by Crippen LogP contribution is -2.16. The van der Waals surface area contributed by atoms with Crippen molar-refractivity contribution >= 4 is 23.1 Å². The number of furan rings is 1. The van der Waals surface area contributed by atoms with Gasteiger partial charge in [0, 0.05) is 5.39 Å². The number of hydrazone groups is 1. The van der Waals surface area contributed by atoms with Gasteiger partial charge in [-0.1, -0.05) is 18.2 Å². The predicted molar refractivity (Wildman–Crippen MR) is 95.4 cm³/mol. The molecule has 0 atom stereocenters. The molecule has 3 rings (SSSR count). The molecule has 0 fully saturated rings. The molecule has 1 amide bonds. The van der Waals surface area contributed by atoms with Crippen LogP contribution in [0.5, 0.6) is 11.5 Å². The second-order valence-corrected chi connectivity index (χ2v) is 5.20. The largest absolute Gasteiger partial charge is 0.493 e. The van der Waals surface area contributed by atoms with E-state index in [0.29, 0.717) is 22.6 Å². The maximum atomic E-state index is 12.1. The van der Waals surface area contributed by atoms with Crippen LogP contribution < -0.4 is 14.9 Å². The molecule has 0 saturated carbocycles. The number of methoxy groups -OCH3 is 1. The van der Waals surface area contributed by atoms with E-state index < -0.39 is 5.91 Å². The highest BCUT2D eigenvalue weighted by Crippen LogP contribution is 2.27. The van der Waals surface area contributed by atoms with E-state index in [2.05, 4.69) is 10.5 Å². The smallest absolute Gasteiger partial charge is 0.307 e. The molecule has 3 aromatic rings. The molecule has 7 heteroatoms. The van der Waals surface area contributed by atoms with E-state index in [-0.39, 0.29) is 12.4 Å². The zero-order valence-corrected chi connectivity index (χ0v) is 13.9. The number of hydrogen-bond donors (Lipinski definition) is 1. The zero-order chi connectivity index (χ0) is 18.4. The number of para-hydroxylation sites is 1. The van der Waals surface area contributed by atoms with Crippen molar-refractivity contribution in [2.75, 3.05) is 13.7 Å². The maximum Gasteiger partial charge on any atom is 0.307 e. The molecule has 0 radical (unpaired) electrons. The van der Waals surface area contributed by atoms with Crippen LogP contribution in [0.3, 0.4) is 0 Å². The summed E-state index contributed by atoms with van der Waals surface area (Å²) in [7, 11) is 1.50. The molecule has 0 saturated heterocycles. The Balaban J connectivity index is 1.67. The Labute approximate surface area is 149 Å². The summed E-state index contributed by atoms with van der Waals surface area (Å²) in [5, 5.41) is 13.3. The number of nitrogens with zero attached hydrogens (tertiary/aromatic N) is 2. The molecule has 0 spiro atoms. The van der Waals surface area contributed by atoms with Gasteiger partial charge in [-0.05, 0) is 35.9 Å². The Bertz CT molecular complexity index is 968. The van der Waals surface area contributed by atoms with Gasteiger partial charge in [0.05, 0.1) is 13.3 Å². The zero-order valence-electron chi connectivity index (χ0n) is 13.9. The van der Waals surface area contributed by atoms with Crippen LogP contribution in [0, 0.1) is 11.3 Å². The predicted octanol–water partition coefficient (Wildman–Crippen LogP) is 3.11. The van der Waals surface area contributed by atoms with Gasteiger partial charge < -0.3 is 13.9 Å². The molecule has 26 heavy (non-hydrogen) atoms. The van der Waals surface area contributed by atoms with Gasteiger partial charge in [0.1, 0.15) is 11.7 Å². The third-order valence-electron chi connectivity index (χ3n) is 3.51. The molecule has 0 unspecified atom stereocenters. The lowest BCUT2D eigenvalue weighted by molar-refractivity contribution is 0.0929. The van der Waals surface area contributed by atoms with Gasteiger partial charge in [0.2, 0.25) is 0 Å². The monoisotopic (exact) mass is 349 g/mol. The molecule has 0 bridgehead atoms. The summed E-state index contributed by atoms with van der Waals surface area (Å²) >= 11 is 0. The van der Waals surface area contributed by atoms with Gasteiger partial charge in [-0.15, -0.1) is 0 Å². The summed E-state index contributed by atoms with van der Waals surface area (Å²) in [6, 6.07) is 16.0. The first-order valence-electron chi connectivity index (χ1n) is 7.71. The Morgan fingerprint density at radius 2 is 2.12 bits per heavy atom. The van der Waals surface area contributed by atoms with E-state index in [4.69, 9.17) is 19.2 Å². The van der Waals surface area contributed by atoms with E-state index >= 15 is 0 Å². The molecule has 1 heterocycles. The van der Waals surface area contributed by atoms with Crippen molar-refractivity contribution in [3.8, 4) is 17.6 Å². The topological polar surface area (TPSA) is 96.8 Å². The molecule has 130 valence electrons. The fraction of sp³-hybridized carbons (Fsp3) is 0.105. The number of carbonyl (C=O) groups is 1. The lowest BCUT2D eigenvalue weighted by atomic mass is 10.2. The molecule has 7 nitrogen and oxygen atoms in total. The molecule has 0 aliphatic carbocycles. The first kappa shape index (κ1) is 17.0. The quantitative estimate of drug-likeness (QED) is 0.545. The molecule has 0 aliphatic heterocycles. The highest BCUT2D eigenvalue weighted by atomic mass is 16.5. The fourth-order valence-corrected chi connectivity index (χ4v) is 2.31. The molecular formula is C19H15N3O4. The van der Waals surface area contributed by atoms with Gasteiger partial charge in [-0.3, -0.25) is 4.79 Å². The molecule has 0 aliphatic rings. The summed E-state index contributed by atoms with van der Waals surface area (Å²) in [5.74, 6) is 0.657. The minimum absolute atomic E-state index is 0.0721. The maximum absolute atomic E-state index is 12.1. The van der Waals surface area contributed by atoms with Crippen LogP contribution in [0.25, 0.3) is 11.0 Å². The van der Waals surface area contributed by atoms with Gasteiger partial charge in [0.15, 0.2) is 23.9 Å². The lowest BCUT2D eigenvalue weighted by Gasteiger charge is -2.08. The van der Waals surface area contributed by atoms with Gasteiger partial charge in [-0.2, -0.15) is 10.4 Å². The average Bonchev–Trinajstić information content (AvgIpc) is 3.11. The highest BCUT2D eigenvalue weighted by Gasteiger charge is 2.11. The van der Waals surface area contributed by atoms with Crippen molar-refractivity contribution in [3.63, 3.8) is 0 Å². The number of nitrogens with one attached hydrogen (secondary N) is 1.